The third-order valence-electron chi connectivity index (χ3n) is 2.67. The van der Waals surface area contributed by atoms with E-state index in [0.29, 0.717) is 39.4 Å². The van der Waals surface area contributed by atoms with E-state index in [4.69, 9.17) is 14.2 Å². The highest BCUT2D eigenvalue weighted by Crippen LogP contribution is 1.93. The molecule has 0 saturated carbocycles. The number of amides is 2. The Labute approximate surface area is 140 Å². The van der Waals surface area contributed by atoms with Crippen molar-refractivity contribution in [3.8, 4) is 0 Å². The predicted octanol–water partition coefficient (Wildman–Crippen LogP) is 0.919. The zero-order valence-electron chi connectivity index (χ0n) is 14.1. The third-order valence-corrected chi connectivity index (χ3v) is 2.67. The molecule has 7 nitrogen and oxygen atoms in total. The first-order chi connectivity index (χ1) is 11.1. The van der Waals surface area contributed by atoms with E-state index >= 15 is 0 Å². The van der Waals surface area contributed by atoms with E-state index in [-0.39, 0.29) is 34.4 Å². The van der Waals surface area contributed by atoms with Crippen LogP contribution in [-0.4, -0.2) is 70.7 Å². The molecule has 8 heteroatoms. The van der Waals surface area contributed by atoms with Crippen LogP contribution in [0.2, 0.25) is 0 Å². The second kappa shape index (κ2) is 15.6. The monoisotopic (exact) mass is 340 g/mol. The summed E-state index contributed by atoms with van der Waals surface area (Å²) < 4.78 is 28.7. The Morgan fingerprint density at radius 1 is 1.09 bits per heavy atom. The summed E-state index contributed by atoms with van der Waals surface area (Å²) >= 11 is 0. The van der Waals surface area contributed by atoms with E-state index in [1.165, 1.54) is 6.92 Å². The van der Waals surface area contributed by atoms with Crippen molar-refractivity contribution in [2.24, 2.45) is 0 Å². The number of carbonyl (C=O) groups excluding carboxylic acids is 2. The minimum absolute atomic E-state index is 0. The quantitative estimate of drug-likeness (QED) is 0.433. The van der Waals surface area contributed by atoms with Crippen molar-refractivity contribution < 1.29 is 31.0 Å². The molecule has 0 aromatic heterocycles. The first-order valence-electron chi connectivity index (χ1n) is 7.94. The number of hydrogen-bond donors (Lipinski definition) is 2. The van der Waals surface area contributed by atoms with Crippen molar-refractivity contribution in [1.29, 1.82) is 0 Å². The summed E-state index contributed by atoms with van der Waals surface area (Å²) in [5.74, 6) is -0.379. The Bertz CT molecular complexity index is 328. The van der Waals surface area contributed by atoms with Gasteiger partial charge >= 0.3 is 0 Å². The summed E-state index contributed by atoms with van der Waals surface area (Å²) in [7, 11) is 0. The van der Waals surface area contributed by atoms with Gasteiger partial charge in [0.15, 0.2) is 0 Å². The summed E-state index contributed by atoms with van der Waals surface area (Å²) in [4.78, 5) is 21.8. The molecule has 140 valence electrons. The van der Waals surface area contributed by atoms with E-state index in [9.17, 15) is 14.0 Å². The Kier molecular flexibility index (Phi) is 14.8. The zero-order chi connectivity index (χ0) is 17.3. The molecule has 0 aliphatic carbocycles. The summed E-state index contributed by atoms with van der Waals surface area (Å²) in [6.07, 6.45) is 0.200. The molecular formula is C15H33FN2O5. The van der Waals surface area contributed by atoms with Crippen LogP contribution in [0, 0.1) is 0 Å². The highest BCUT2D eigenvalue weighted by molar-refractivity contribution is 5.77. The molecular weight excluding hydrogens is 307 g/mol. The lowest BCUT2D eigenvalue weighted by Crippen LogP contribution is -2.30. The van der Waals surface area contributed by atoms with Crippen molar-refractivity contribution >= 4 is 11.8 Å². The fraction of sp³-hybridized carbons (Fsp3) is 0.867. The minimum Gasteiger partial charge on any atom is -0.381 e. The first-order valence-corrected chi connectivity index (χ1v) is 7.94. The van der Waals surface area contributed by atoms with Gasteiger partial charge < -0.3 is 24.8 Å². The van der Waals surface area contributed by atoms with Gasteiger partial charge in [-0.1, -0.05) is 0 Å². The number of ether oxygens (including phenoxy) is 3. The lowest BCUT2D eigenvalue weighted by molar-refractivity contribution is -0.125. The largest absolute Gasteiger partial charge is 0.381 e. The Morgan fingerprint density at radius 2 is 1.78 bits per heavy atom. The Balaban J connectivity index is -0.00000242. The van der Waals surface area contributed by atoms with Crippen molar-refractivity contribution in [3.05, 3.63) is 0 Å². The maximum Gasteiger partial charge on any atom is 0.245 e. The summed E-state index contributed by atoms with van der Waals surface area (Å²) in [5.41, 5.74) is 0. The summed E-state index contributed by atoms with van der Waals surface area (Å²) in [5, 5.41) is 5.11. The van der Waals surface area contributed by atoms with Crippen LogP contribution in [0.5, 0.6) is 0 Å². The summed E-state index contributed by atoms with van der Waals surface area (Å²) in [6.45, 7) is 5.75. The Morgan fingerprint density at radius 3 is 2.48 bits per heavy atom. The molecule has 0 bridgehead atoms. The van der Waals surface area contributed by atoms with Crippen LogP contribution in [0.25, 0.3) is 0 Å². The molecule has 23 heavy (non-hydrogen) atoms. The maximum atomic E-state index is 13.2. The van der Waals surface area contributed by atoms with E-state index in [2.05, 4.69) is 10.6 Å². The van der Waals surface area contributed by atoms with Gasteiger partial charge in [0.1, 0.15) is 12.8 Å². The maximum absolute atomic E-state index is 13.2. The molecule has 1 unspecified atom stereocenters. The highest BCUT2D eigenvalue weighted by Gasteiger charge is 2.06. The average Bonchev–Trinajstić information content (AvgIpc) is 2.52. The number of halogens is 1. The topological polar surface area (TPSA) is 85.9 Å². The molecule has 0 spiro atoms. The fourth-order valence-electron chi connectivity index (χ4n) is 1.54. The molecule has 0 fully saturated rings. The first kappa shape index (κ1) is 21.8. The number of rotatable bonds is 15. The molecule has 1 atom stereocenters. The van der Waals surface area contributed by atoms with Gasteiger partial charge in [0.25, 0.3) is 0 Å². The van der Waals surface area contributed by atoms with Crippen molar-refractivity contribution in [2.45, 2.75) is 32.9 Å². The van der Waals surface area contributed by atoms with Crippen LogP contribution in [0.15, 0.2) is 0 Å². The normalized spacial score (nSPS) is 12.0. The lowest BCUT2D eigenvalue weighted by Gasteiger charge is -2.10. The SMILES string of the molecule is CCOCC(=O)NCCCOCCCOCC(F)CNC(C)=O.[HH].[HH]. The Hall–Kier alpha value is -1.25. The molecule has 2 amide bonds. The van der Waals surface area contributed by atoms with Crippen LogP contribution < -0.4 is 10.6 Å². The molecule has 2 N–H and O–H groups in total. The standard InChI is InChI=1S/C15H29FN2O5.2H2/c1-3-21-12-15(20)17-6-4-7-22-8-5-9-23-11-14(16)10-18-13(2)19;;/h14H,3-12H2,1-2H3,(H,17,20)(H,18,19);2*1H. The van der Waals surface area contributed by atoms with Crippen LogP contribution in [0.3, 0.4) is 0 Å². The van der Waals surface area contributed by atoms with Crippen LogP contribution in [0.1, 0.15) is 29.5 Å². The predicted molar refractivity (Wildman–Crippen MR) is 88.2 cm³/mol. The van der Waals surface area contributed by atoms with Crippen molar-refractivity contribution in [1.82, 2.24) is 10.6 Å². The third kappa shape index (κ3) is 16.9. The average molecular weight is 340 g/mol. The van der Waals surface area contributed by atoms with Crippen LogP contribution in [0.4, 0.5) is 4.39 Å². The van der Waals surface area contributed by atoms with Gasteiger partial charge in [-0.05, 0) is 19.8 Å². The van der Waals surface area contributed by atoms with E-state index in [1.54, 1.807) is 0 Å². The second-order valence-electron chi connectivity index (χ2n) is 4.92. The lowest BCUT2D eigenvalue weighted by atomic mass is 10.4. The second-order valence-corrected chi connectivity index (χ2v) is 4.92. The zero-order valence-corrected chi connectivity index (χ0v) is 14.1. The smallest absolute Gasteiger partial charge is 0.245 e. The molecule has 0 radical (unpaired) electrons. The van der Waals surface area contributed by atoms with Gasteiger partial charge in [-0.3, -0.25) is 9.59 Å². The molecule has 0 aliphatic rings. The van der Waals surface area contributed by atoms with E-state index in [0.717, 1.165) is 6.42 Å². The fourth-order valence-corrected chi connectivity index (χ4v) is 1.54. The van der Waals surface area contributed by atoms with Gasteiger partial charge in [-0.2, -0.15) is 0 Å². The summed E-state index contributed by atoms with van der Waals surface area (Å²) in [6, 6.07) is 0. The number of carbonyl (C=O) groups is 2. The molecule has 0 aliphatic heterocycles. The molecule has 0 rings (SSSR count). The van der Waals surface area contributed by atoms with Crippen LogP contribution in [-0.2, 0) is 23.8 Å². The number of nitrogens with one attached hydrogen (secondary N) is 2. The number of hydrogen-bond acceptors (Lipinski definition) is 5. The van der Waals surface area contributed by atoms with E-state index in [1.807, 2.05) is 6.92 Å². The number of alkyl halides is 1. The van der Waals surface area contributed by atoms with Crippen LogP contribution >= 0.6 is 0 Å². The molecule has 0 heterocycles. The van der Waals surface area contributed by atoms with Gasteiger partial charge in [-0.25, -0.2) is 4.39 Å². The van der Waals surface area contributed by atoms with Gasteiger partial charge in [0, 0.05) is 42.7 Å². The molecule has 0 aromatic rings. The van der Waals surface area contributed by atoms with Crippen molar-refractivity contribution in [3.63, 3.8) is 0 Å². The van der Waals surface area contributed by atoms with E-state index < -0.39 is 6.17 Å². The van der Waals surface area contributed by atoms with Gasteiger partial charge in [-0.15, -0.1) is 0 Å². The molecule has 0 aromatic carbocycles. The van der Waals surface area contributed by atoms with Gasteiger partial charge in [0.2, 0.25) is 11.8 Å². The molecule has 0 saturated heterocycles. The highest BCUT2D eigenvalue weighted by atomic mass is 19.1. The van der Waals surface area contributed by atoms with Crippen molar-refractivity contribution in [2.75, 3.05) is 52.7 Å². The minimum atomic E-state index is -1.19. The van der Waals surface area contributed by atoms with Gasteiger partial charge in [0.05, 0.1) is 13.2 Å².